The van der Waals surface area contributed by atoms with Gasteiger partial charge in [0.1, 0.15) is 11.8 Å². The first-order chi connectivity index (χ1) is 14.9. The van der Waals surface area contributed by atoms with Crippen LogP contribution in [0, 0.1) is 11.3 Å². The fourth-order valence-electron chi connectivity index (χ4n) is 2.88. The van der Waals surface area contributed by atoms with Crippen molar-refractivity contribution in [2.45, 2.75) is 11.8 Å². The summed E-state index contributed by atoms with van der Waals surface area (Å²) in [6.45, 7) is 2.82. The molecule has 0 spiro atoms. The lowest BCUT2D eigenvalue weighted by Gasteiger charge is -2.26. The van der Waals surface area contributed by atoms with E-state index in [4.69, 9.17) is 14.7 Å². The molecule has 1 saturated heterocycles. The van der Waals surface area contributed by atoms with Gasteiger partial charge in [-0.3, -0.25) is 4.79 Å². The number of nitriles is 1. The lowest BCUT2D eigenvalue weighted by atomic mass is 10.1. The number of carbonyl (C=O) groups is 1. The molecule has 0 aliphatic carbocycles. The summed E-state index contributed by atoms with van der Waals surface area (Å²) < 4.78 is 37.3. The van der Waals surface area contributed by atoms with Crippen LogP contribution in [0.5, 0.6) is 5.75 Å². The summed E-state index contributed by atoms with van der Waals surface area (Å²) >= 11 is 0. The van der Waals surface area contributed by atoms with Gasteiger partial charge in [0.05, 0.1) is 29.4 Å². The average molecular weight is 442 g/mol. The molecule has 2 aromatic carbocycles. The van der Waals surface area contributed by atoms with E-state index in [9.17, 15) is 13.2 Å². The Labute approximate surface area is 180 Å². The number of para-hydroxylation sites is 1. The Bertz CT molecular complexity index is 1100. The van der Waals surface area contributed by atoms with Crippen molar-refractivity contribution >= 4 is 21.6 Å². The molecule has 1 N–H and O–H groups in total. The van der Waals surface area contributed by atoms with Gasteiger partial charge in [0.25, 0.3) is 5.91 Å². The zero-order valence-electron chi connectivity index (χ0n) is 16.9. The van der Waals surface area contributed by atoms with E-state index < -0.39 is 15.9 Å². The number of morpholine rings is 1. The van der Waals surface area contributed by atoms with Gasteiger partial charge in [0.15, 0.2) is 6.61 Å². The molecule has 31 heavy (non-hydrogen) atoms. The third-order valence-corrected chi connectivity index (χ3v) is 6.51. The summed E-state index contributed by atoms with van der Waals surface area (Å²) in [6, 6.07) is 14.9. The Hall–Kier alpha value is -3.26. The van der Waals surface area contributed by atoms with Crippen molar-refractivity contribution < 1.29 is 22.7 Å². The maximum Gasteiger partial charge on any atom is 0.277 e. The Morgan fingerprint density at radius 3 is 2.55 bits per heavy atom. The van der Waals surface area contributed by atoms with Crippen LogP contribution < -0.4 is 10.2 Å². The van der Waals surface area contributed by atoms with E-state index >= 15 is 0 Å². The number of rotatable bonds is 7. The van der Waals surface area contributed by atoms with Crippen LogP contribution in [-0.4, -0.2) is 57.3 Å². The second-order valence-electron chi connectivity index (χ2n) is 6.67. The van der Waals surface area contributed by atoms with Gasteiger partial charge in [-0.2, -0.15) is 14.7 Å². The quantitative estimate of drug-likeness (QED) is 0.512. The number of carbonyl (C=O) groups excluding carboxylic acids is 1. The topological polar surface area (TPSA) is 121 Å². The van der Waals surface area contributed by atoms with Gasteiger partial charge >= 0.3 is 0 Å². The van der Waals surface area contributed by atoms with Crippen molar-refractivity contribution in [1.29, 1.82) is 5.26 Å². The third-order valence-electron chi connectivity index (χ3n) is 4.59. The first-order valence-corrected chi connectivity index (χ1v) is 11.0. The van der Waals surface area contributed by atoms with Crippen LogP contribution in [0.2, 0.25) is 0 Å². The lowest BCUT2D eigenvalue weighted by molar-refractivity contribution is -0.123. The van der Waals surface area contributed by atoms with Crippen LogP contribution in [0.1, 0.15) is 18.1 Å². The maximum atomic E-state index is 12.7. The van der Waals surface area contributed by atoms with E-state index in [1.807, 2.05) is 6.07 Å². The molecule has 1 amide bonds. The van der Waals surface area contributed by atoms with Gasteiger partial charge in [0.2, 0.25) is 10.0 Å². The lowest BCUT2D eigenvalue weighted by Crippen LogP contribution is -2.40. The summed E-state index contributed by atoms with van der Waals surface area (Å²) in [6.07, 6.45) is 0. The van der Waals surface area contributed by atoms with Crippen LogP contribution in [0.25, 0.3) is 0 Å². The molecule has 1 fully saturated rings. The van der Waals surface area contributed by atoms with Crippen molar-refractivity contribution in [3.8, 4) is 11.8 Å². The number of benzene rings is 2. The van der Waals surface area contributed by atoms with E-state index in [0.29, 0.717) is 48.9 Å². The van der Waals surface area contributed by atoms with Crippen LogP contribution in [0.15, 0.2) is 58.5 Å². The number of hydrogen-bond acceptors (Lipinski definition) is 7. The largest absolute Gasteiger partial charge is 0.482 e. The molecule has 0 bridgehead atoms. The molecular weight excluding hydrogens is 420 g/mol. The molecule has 1 aliphatic heterocycles. The molecule has 1 aliphatic rings. The average Bonchev–Trinajstić information content (AvgIpc) is 2.82. The van der Waals surface area contributed by atoms with Gasteiger partial charge in [-0.05, 0) is 36.8 Å². The molecule has 0 saturated carbocycles. The summed E-state index contributed by atoms with van der Waals surface area (Å²) in [5, 5.41) is 13.1. The highest BCUT2D eigenvalue weighted by Crippen LogP contribution is 2.18. The fourth-order valence-corrected chi connectivity index (χ4v) is 4.28. The number of nitrogens with zero attached hydrogens (tertiary/aromatic N) is 3. The fraction of sp³-hybridized carbons (Fsp3) is 0.286. The molecule has 0 atom stereocenters. The van der Waals surface area contributed by atoms with E-state index in [1.165, 1.54) is 16.4 Å². The Balaban J connectivity index is 1.58. The van der Waals surface area contributed by atoms with E-state index in [0.717, 1.165) is 0 Å². The molecule has 9 nitrogen and oxygen atoms in total. The summed E-state index contributed by atoms with van der Waals surface area (Å²) in [5.74, 6) is -0.170. The normalized spacial score (nSPS) is 15.2. The zero-order valence-corrected chi connectivity index (χ0v) is 17.8. The monoisotopic (exact) mass is 442 g/mol. The molecule has 162 valence electrons. The summed E-state index contributed by atoms with van der Waals surface area (Å²) in [7, 11) is -3.57. The standard InChI is InChI=1S/C21H22N4O5S/c1-16(23-24-21(26)15-30-20-5-3-2-4-18(20)14-22)17-6-8-19(9-7-17)31(27,28)25-10-12-29-13-11-25/h2-9H,10-13,15H2,1H3,(H,24,26)/b23-16+. The van der Waals surface area contributed by atoms with Crippen molar-refractivity contribution in [3.63, 3.8) is 0 Å². The van der Waals surface area contributed by atoms with E-state index in [1.54, 1.807) is 43.3 Å². The van der Waals surface area contributed by atoms with Crippen molar-refractivity contribution in [3.05, 3.63) is 59.7 Å². The van der Waals surface area contributed by atoms with Gasteiger partial charge in [-0.25, -0.2) is 13.8 Å². The predicted octanol–water partition coefficient (Wildman–Crippen LogP) is 1.50. The number of ether oxygens (including phenoxy) is 2. The Morgan fingerprint density at radius 2 is 1.87 bits per heavy atom. The molecular formula is C21H22N4O5S. The highest BCUT2D eigenvalue weighted by molar-refractivity contribution is 7.89. The highest BCUT2D eigenvalue weighted by atomic mass is 32.2. The van der Waals surface area contributed by atoms with Crippen LogP contribution >= 0.6 is 0 Å². The Kier molecular flexibility index (Phi) is 7.36. The zero-order chi connectivity index (χ0) is 22.3. The van der Waals surface area contributed by atoms with Crippen molar-refractivity contribution in [1.82, 2.24) is 9.73 Å². The minimum atomic E-state index is -3.57. The van der Waals surface area contributed by atoms with E-state index in [-0.39, 0.29) is 11.5 Å². The van der Waals surface area contributed by atoms with Gasteiger partial charge in [-0.1, -0.05) is 24.3 Å². The number of sulfonamides is 1. The number of amides is 1. The first-order valence-electron chi connectivity index (χ1n) is 9.55. The molecule has 10 heteroatoms. The molecule has 0 unspecified atom stereocenters. The molecule has 2 aromatic rings. The van der Waals surface area contributed by atoms with Gasteiger partial charge < -0.3 is 9.47 Å². The molecule has 3 rings (SSSR count). The van der Waals surface area contributed by atoms with E-state index in [2.05, 4.69) is 10.5 Å². The van der Waals surface area contributed by atoms with Gasteiger partial charge in [-0.15, -0.1) is 0 Å². The molecule has 1 heterocycles. The van der Waals surface area contributed by atoms with Crippen molar-refractivity contribution in [2.75, 3.05) is 32.9 Å². The molecule has 0 radical (unpaired) electrons. The van der Waals surface area contributed by atoms with Crippen LogP contribution in [0.3, 0.4) is 0 Å². The van der Waals surface area contributed by atoms with Gasteiger partial charge in [0, 0.05) is 13.1 Å². The predicted molar refractivity (Wildman–Crippen MR) is 113 cm³/mol. The van der Waals surface area contributed by atoms with Crippen LogP contribution in [-0.2, 0) is 19.6 Å². The number of hydrazone groups is 1. The summed E-state index contributed by atoms with van der Waals surface area (Å²) in [5.41, 5.74) is 3.89. The van der Waals surface area contributed by atoms with Crippen LogP contribution in [0.4, 0.5) is 0 Å². The number of hydrogen-bond donors (Lipinski definition) is 1. The Morgan fingerprint density at radius 1 is 1.19 bits per heavy atom. The SMILES string of the molecule is C/C(=N\NC(=O)COc1ccccc1C#N)c1ccc(S(=O)(=O)N2CCOCC2)cc1. The third kappa shape index (κ3) is 5.67. The minimum absolute atomic E-state index is 0.194. The second-order valence-corrected chi connectivity index (χ2v) is 8.61. The second kappa shape index (κ2) is 10.2. The first kappa shape index (κ1) is 22.4. The summed E-state index contributed by atoms with van der Waals surface area (Å²) in [4.78, 5) is 12.2. The van der Waals surface area contributed by atoms with Crippen molar-refractivity contribution in [2.24, 2.45) is 5.10 Å². The molecule has 0 aromatic heterocycles. The maximum absolute atomic E-state index is 12.7. The highest BCUT2D eigenvalue weighted by Gasteiger charge is 2.26. The minimum Gasteiger partial charge on any atom is -0.482 e. The number of nitrogens with one attached hydrogen (secondary N) is 1. The smallest absolute Gasteiger partial charge is 0.277 e.